The smallest absolute Gasteiger partial charge is 0.327 e. The lowest BCUT2D eigenvalue weighted by Gasteiger charge is -2.40. The maximum Gasteiger partial charge on any atom is 0.327 e. The molecule has 2 aromatic carbocycles. The Morgan fingerprint density at radius 3 is 1.86 bits per heavy atom. The van der Waals surface area contributed by atoms with Crippen LogP contribution in [0, 0.1) is 11.6 Å². The average Bonchev–Trinajstić information content (AvgIpc) is 3.08. The molecule has 196 valence electrons. The highest BCUT2D eigenvalue weighted by molar-refractivity contribution is 6.08. The molecule has 2 aliphatic heterocycles. The third-order valence-corrected chi connectivity index (χ3v) is 8.18. The molecule has 2 saturated heterocycles. The SMILES string of the molecule is CN1C(=O)N(CC(=O)N2CCN(C(c3ccc(F)cc3)c3ccc(F)cc3)CC2)C(=O)C12CCCCC2. The highest BCUT2D eigenvalue weighted by Crippen LogP contribution is 2.39. The molecule has 1 saturated carbocycles. The quantitative estimate of drug-likeness (QED) is 0.575. The third kappa shape index (κ3) is 4.72. The van der Waals surface area contributed by atoms with Crippen LogP contribution >= 0.6 is 0 Å². The number of rotatable bonds is 5. The average molecular weight is 511 g/mol. The molecule has 37 heavy (non-hydrogen) atoms. The Hall–Kier alpha value is -3.33. The van der Waals surface area contributed by atoms with E-state index in [2.05, 4.69) is 4.90 Å². The molecule has 3 fully saturated rings. The third-order valence-electron chi connectivity index (χ3n) is 8.18. The summed E-state index contributed by atoms with van der Waals surface area (Å²) in [6, 6.07) is 11.9. The monoisotopic (exact) mass is 510 g/mol. The molecule has 0 bridgehead atoms. The number of benzene rings is 2. The van der Waals surface area contributed by atoms with Gasteiger partial charge in [-0.25, -0.2) is 13.6 Å². The number of likely N-dealkylation sites (N-methyl/N-ethyl adjacent to an activating group) is 1. The van der Waals surface area contributed by atoms with Crippen LogP contribution in [0.3, 0.4) is 0 Å². The summed E-state index contributed by atoms with van der Waals surface area (Å²) in [4.78, 5) is 45.9. The predicted molar refractivity (Wildman–Crippen MR) is 133 cm³/mol. The van der Waals surface area contributed by atoms with Gasteiger partial charge in [-0.15, -0.1) is 0 Å². The molecule has 0 unspecified atom stereocenters. The van der Waals surface area contributed by atoms with Crippen LogP contribution in [0.4, 0.5) is 13.6 Å². The summed E-state index contributed by atoms with van der Waals surface area (Å²) in [5.74, 6) is -1.16. The van der Waals surface area contributed by atoms with Gasteiger partial charge in [0.05, 0.1) is 6.04 Å². The zero-order valence-corrected chi connectivity index (χ0v) is 21.0. The van der Waals surface area contributed by atoms with Gasteiger partial charge in [-0.1, -0.05) is 43.5 Å². The molecule has 0 aromatic heterocycles. The van der Waals surface area contributed by atoms with Crippen molar-refractivity contribution >= 4 is 17.8 Å². The summed E-state index contributed by atoms with van der Waals surface area (Å²) < 4.78 is 27.2. The fourth-order valence-electron chi connectivity index (χ4n) is 6.04. The largest absolute Gasteiger partial charge is 0.339 e. The Kier molecular flexibility index (Phi) is 6.98. The second kappa shape index (κ2) is 10.2. The van der Waals surface area contributed by atoms with Crippen molar-refractivity contribution in [3.63, 3.8) is 0 Å². The molecular formula is C28H32F2N4O3. The van der Waals surface area contributed by atoms with Crippen LogP contribution in [0.5, 0.6) is 0 Å². The predicted octanol–water partition coefficient (Wildman–Crippen LogP) is 3.80. The molecule has 2 aromatic rings. The summed E-state index contributed by atoms with van der Waals surface area (Å²) in [5, 5.41) is 0. The normalized spacial score (nSPS) is 20.4. The van der Waals surface area contributed by atoms with Crippen LogP contribution in [-0.4, -0.2) is 82.8 Å². The van der Waals surface area contributed by atoms with E-state index in [0.717, 1.165) is 35.3 Å². The molecule has 3 aliphatic rings. The van der Waals surface area contributed by atoms with Crippen molar-refractivity contribution in [3.8, 4) is 0 Å². The molecule has 0 atom stereocenters. The number of imide groups is 1. The zero-order valence-electron chi connectivity index (χ0n) is 21.0. The van der Waals surface area contributed by atoms with E-state index >= 15 is 0 Å². The number of carbonyl (C=O) groups is 3. The number of hydrogen-bond donors (Lipinski definition) is 0. The number of hydrogen-bond acceptors (Lipinski definition) is 4. The summed E-state index contributed by atoms with van der Waals surface area (Å²) in [5.41, 5.74) is 0.954. The molecule has 5 rings (SSSR count). The van der Waals surface area contributed by atoms with Gasteiger partial charge in [0.25, 0.3) is 5.91 Å². The first-order chi connectivity index (χ1) is 17.8. The van der Waals surface area contributed by atoms with E-state index in [4.69, 9.17) is 0 Å². The highest BCUT2D eigenvalue weighted by atomic mass is 19.1. The number of amides is 4. The second-order valence-corrected chi connectivity index (χ2v) is 10.2. The van der Waals surface area contributed by atoms with Crippen LogP contribution in [-0.2, 0) is 9.59 Å². The van der Waals surface area contributed by atoms with Crippen molar-refractivity contribution in [1.82, 2.24) is 19.6 Å². The lowest BCUT2D eigenvalue weighted by Crippen LogP contribution is -2.53. The van der Waals surface area contributed by atoms with Crippen molar-refractivity contribution in [1.29, 1.82) is 0 Å². The standard InChI is InChI=1S/C28H32F2N4O3/c1-31-27(37)34(26(36)28(31)13-3-2-4-14-28)19-24(35)32-15-17-33(18-16-32)25(20-5-9-22(29)10-6-20)21-7-11-23(30)12-8-21/h5-12,25H,2-4,13-19H2,1H3. The minimum atomic E-state index is -0.800. The van der Waals surface area contributed by atoms with Crippen LogP contribution < -0.4 is 0 Å². The Balaban J connectivity index is 1.26. The Bertz CT molecular complexity index is 1110. The summed E-state index contributed by atoms with van der Waals surface area (Å²) >= 11 is 0. The van der Waals surface area contributed by atoms with Crippen LogP contribution in [0.15, 0.2) is 48.5 Å². The highest BCUT2D eigenvalue weighted by Gasteiger charge is 2.56. The summed E-state index contributed by atoms with van der Waals surface area (Å²) in [7, 11) is 1.67. The van der Waals surface area contributed by atoms with E-state index in [1.165, 1.54) is 29.2 Å². The summed E-state index contributed by atoms with van der Waals surface area (Å²) in [6.07, 6.45) is 4.14. The van der Waals surface area contributed by atoms with Gasteiger partial charge in [0.15, 0.2) is 0 Å². The first kappa shape index (κ1) is 25.3. The van der Waals surface area contributed by atoms with E-state index in [0.29, 0.717) is 39.0 Å². The molecular weight excluding hydrogens is 478 g/mol. The van der Waals surface area contributed by atoms with Crippen molar-refractivity contribution in [2.45, 2.75) is 43.7 Å². The van der Waals surface area contributed by atoms with Gasteiger partial charge in [-0.05, 0) is 48.2 Å². The maximum absolute atomic E-state index is 13.6. The number of piperazine rings is 1. The minimum absolute atomic E-state index is 0.222. The van der Waals surface area contributed by atoms with Crippen molar-refractivity contribution in [2.24, 2.45) is 0 Å². The minimum Gasteiger partial charge on any atom is -0.339 e. The Morgan fingerprint density at radius 1 is 0.838 bits per heavy atom. The lowest BCUT2D eigenvalue weighted by molar-refractivity contribution is -0.141. The van der Waals surface area contributed by atoms with Gasteiger partial charge in [0.2, 0.25) is 5.91 Å². The molecule has 1 spiro atoms. The number of urea groups is 1. The Labute approximate surface area is 215 Å². The van der Waals surface area contributed by atoms with E-state index in [9.17, 15) is 23.2 Å². The van der Waals surface area contributed by atoms with E-state index in [1.807, 2.05) is 0 Å². The van der Waals surface area contributed by atoms with Crippen molar-refractivity contribution in [2.75, 3.05) is 39.8 Å². The first-order valence-electron chi connectivity index (χ1n) is 12.9. The lowest BCUT2D eigenvalue weighted by atomic mass is 9.81. The fraction of sp³-hybridized carbons (Fsp3) is 0.464. The second-order valence-electron chi connectivity index (χ2n) is 10.2. The molecule has 4 amide bonds. The Morgan fingerprint density at radius 2 is 1.35 bits per heavy atom. The van der Waals surface area contributed by atoms with Gasteiger partial charge in [0.1, 0.15) is 23.7 Å². The van der Waals surface area contributed by atoms with Crippen molar-refractivity contribution in [3.05, 3.63) is 71.3 Å². The number of nitrogens with zero attached hydrogens (tertiary/aromatic N) is 4. The van der Waals surface area contributed by atoms with Gasteiger partial charge in [0, 0.05) is 33.2 Å². The van der Waals surface area contributed by atoms with E-state index in [1.54, 1.807) is 36.2 Å². The van der Waals surface area contributed by atoms with Crippen molar-refractivity contribution < 1.29 is 23.2 Å². The molecule has 1 aliphatic carbocycles. The maximum atomic E-state index is 13.6. The topological polar surface area (TPSA) is 64.2 Å². The van der Waals surface area contributed by atoms with Crippen LogP contribution in [0.25, 0.3) is 0 Å². The summed E-state index contributed by atoms with van der Waals surface area (Å²) in [6.45, 7) is 1.68. The zero-order chi connectivity index (χ0) is 26.2. The molecule has 0 N–H and O–H groups in total. The molecule has 7 nitrogen and oxygen atoms in total. The van der Waals surface area contributed by atoms with Gasteiger partial charge < -0.3 is 9.80 Å². The van der Waals surface area contributed by atoms with Crippen LogP contribution in [0.1, 0.15) is 49.3 Å². The van der Waals surface area contributed by atoms with E-state index in [-0.39, 0.29) is 36.0 Å². The molecule has 2 heterocycles. The van der Waals surface area contributed by atoms with Gasteiger partial charge >= 0.3 is 6.03 Å². The van der Waals surface area contributed by atoms with Crippen LogP contribution in [0.2, 0.25) is 0 Å². The van der Waals surface area contributed by atoms with Gasteiger partial charge in [-0.3, -0.25) is 19.4 Å². The first-order valence-corrected chi connectivity index (χ1v) is 12.9. The number of halogens is 2. The molecule has 9 heteroatoms. The molecule has 0 radical (unpaired) electrons. The number of carbonyl (C=O) groups excluding carboxylic acids is 3. The van der Waals surface area contributed by atoms with E-state index < -0.39 is 11.6 Å². The fourth-order valence-corrected chi connectivity index (χ4v) is 6.04. The van der Waals surface area contributed by atoms with Gasteiger partial charge in [-0.2, -0.15) is 0 Å².